The highest BCUT2D eigenvalue weighted by molar-refractivity contribution is 6.30. The maximum Gasteiger partial charge on any atom is 0.250 e. The molecule has 3 rings (SSSR count). The monoisotopic (exact) mass is 344 g/mol. The summed E-state index contributed by atoms with van der Waals surface area (Å²) in [5.41, 5.74) is 13.1. The van der Waals surface area contributed by atoms with Gasteiger partial charge in [0.2, 0.25) is 5.91 Å². The predicted octanol–water partition coefficient (Wildman–Crippen LogP) is 1.99. The zero-order chi connectivity index (χ0) is 17.1. The quantitative estimate of drug-likeness (QED) is 0.682. The summed E-state index contributed by atoms with van der Waals surface area (Å²) in [5, 5.41) is 3.42. The Labute approximate surface area is 144 Å². The molecule has 1 saturated heterocycles. The molecule has 7 heteroatoms. The van der Waals surface area contributed by atoms with E-state index in [1.165, 1.54) is 0 Å². The number of amides is 2. The molecule has 2 aromatic rings. The number of carbonyl (C=O) groups excluding carboxylic acids is 2. The Kier molecular flexibility index (Phi) is 4.80. The molecule has 0 aromatic heterocycles. The summed E-state index contributed by atoms with van der Waals surface area (Å²) >= 11 is 5.89. The third-order valence-electron chi connectivity index (χ3n) is 3.94. The minimum absolute atomic E-state index is 0.00407. The van der Waals surface area contributed by atoms with Crippen LogP contribution in [0.25, 0.3) is 0 Å². The molecule has 124 valence electrons. The average Bonchev–Trinajstić information content (AvgIpc) is 3.06. The molecular formula is C17H17ClN4O2. The first-order valence-corrected chi connectivity index (χ1v) is 7.88. The molecule has 1 heterocycles. The van der Waals surface area contributed by atoms with Gasteiger partial charge in [-0.1, -0.05) is 35.9 Å². The van der Waals surface area contributed by atoms with Crippen LogP contribution in [-0.2, 0) is 4.79 Å². The van der Waals surface area contributed by atoms with Crippen molar-refractivity contribution in [3.05, 3.63) is 64.7 Å². The molecule has 0 spiro atoms. The number of carbonyl (C=O) groups is 2. The molecule has 0 radical (unpaired) electrons. The van der Waals surface area contributed by atoms with Crippen molar-refractivity contribution in [2.75, 3.05) is 5.32 Å². The Morgan fingerprint density at radius 3 is 2.50 bits per heavy atom. The van der Waals surface area contributed by atoms with Crippen LogP contribution in [0.2, 0.25) is 5.02 Å². The van der Waals surface area contributed by atoms with Gasteiger partial charge in [-0.05, 0) is 36.2 Å². The Morgan fingerprint density at radius 1 is 1.08 bits per heavy atom. The average molecular weight is 345 g/mol. The summed E-state index contributed by atoms with van der Waals surface area (Å²) in [5.74, 6) is -0.810. The van der Waals surface area contributed by atoms with Gasteiger partial charge in [0, 0.05) is 11.1 Å². The smallest absolute Gasteiger partial charge is 0.250 e. The highest BCUT2D eigenvalue weighted by atomic mass is 35.5. The van der Waals surface area contributed by atoms with E-state index in [0.29, 0.717) is 17.1 Å². The van der Waals surface area contributed by atoms with Crippen molar-refractivity contribution in [1.82, 2.24) is 10.9 Å². The van der Waals surface area contributed by atoms with Gasteiger partial charge in [-0.3, -0.25) is 9.59 Å². The lowest BCUT2D eigenvalue weighted by atomic mass is 10.0. The van der Waals surface area contributed by atoms with Gasteiger partial charge in [-0.2, -0.15) is 0 Å². The molecule has 0 aliphatic carbocycles. The minimum Gasteiger partial charge on any atom is -0.366 e. The lowest BCUT2D eigenvalue weighted by Crippen LogP contribution is -2.39. The van der Waals surface area contributed by atoms with Crippen molar-refractivity contribution in [3.8, 4) is 0 Å². The molecule has 0 saturated carbocycles. The van der Waals surface area contributed by atoms with E-state index in [1.807, 2.05) is 24.3 Å². The summed E-state index contributed by atoms with van der Waals surface area (Å²) in [6.07, 6.45) is 0.576. The number of hydrogen-bond donors (Lipinski definition) is 4. The second-order valence-corrected chi connectivity index (χ2v) is 6.02. The Balaban J connectivity index is 1.67. The van der Waals surface area contributed by atoms with E-state index in [2.05, 4.69) is 16.2 Å². The zero-order valence-electron chi connectivity index (χ0n) is 12.8. The lowest BCUT2D eigenvalue weighted by Gasteiger charge is -2.12. The maximum absolute atomic E-state index is 12.4. The van der Waals surface area contributed by atoms with Crippen molar-refractivity contribution >= 4 is 29.1 Å². The molecule has 6 nitrogen and oxygen atoms in total. The van der Waals surface area contributed by atoms with Crippen LogP contribution in [0.1, 0.15) is 28.4 Å². The highest BCUT2D eigenvalue weighted by Gasteiger charge is 2.30. The van der Waals surface area contributed by atoms with Gasteiger partial charge in [0.1, 0.15) is 6.04 Å². The molecule has 0 bridgehead atoms. The van der Waals surface area contributed by atoms with E-state index < -0.39 is 11.9 Å². The van der Waals surface area contributed by atoms with Gasteiger partial charge in [0.25, 0.3) is 5.91 Å². The number of primary amides is 1. The van der Waals surface area contributed by atoms with Crippen molar-refractivity contribution in [2.24, 2.45) is 5.73 Å². The van der Waals surface area contributed by atoms with Gasteiger partial charge in [-0.15, -0.1) is 0 Å². The number of nitrogens with two attached hydrogens (primary N) is 1. The van der Waals surface area contributed by atoms with Gasteiger partial charge >= 0.3 is 0 Å². The van der Waals surface area contributed by atoms with Crippen LogP contribution >= 0.6 is 11.6 Å². The third-order valence-corrected chi connectivity index (χ3v) is 4.19. The fourth-order valence-corrected chi connectivity index (χ4v) is 2.79. The van der Waals surface area contributed by atoms with Crippen LogP contribution in [0.4, 0.5) is 5.69 Å². The standard InChI is InChI=1S/C17H17ClN4O2/c18-11-7-5-10(6-8-11)14-9-15(22-21-14)17(24)20-13-4-2-1-3-12(13)16(19)23/h1-8,14-15,21-22H,9H2,(H2,19,23)(H,20,24). The summed E-state index contributed by atoms with van der Waals surface area (Å²) < 4.78 is 0. The second-order valence-electron chi connectivity index (χ2n) is 5.58. The second kappa shape index (κ2) is 7.00. The summed E-state index contributed by atoms with van der Waals surface area (Å²) in [6, 6.07) is 13.7. The number of hydrogen-bond acceptors (Lipinski definition) is 4. The van der Waals surface area contributed by atoms with E-state index in [-0.39, 0.29) is 17.5 Å². The van der Waals surface area contributed by atoms with Gasteiger partial charge in [0.15, 0.2) is 0 Å². The number of halogens is 1. The maximum atomic E-state index is 12.4. The fraction of sp³-hybridized carbons (Fsp3) is 0.176. The zero-order valence-corrected chi connectivity index (χ0v) is 13.5. The number of benzene rings is 2. The van der Waals surface area contributed by atoms with Gasteiger partial charge in [-0.25, -0.2) is 10.9 Å². The van der Waals surface area contributed by atoms with Crippen LogP contribution < -0.4 is 21.9 Å². The Morgan fingerprint density at radius 2 is 1.79 bits per heavy atom. The highest BCUT2D eigenvalue weighted by Crippen LogP contribution is 2.24. The number of nitrogens with one attached hydrogen (secondary N) is 3. The summed E-state index contributed by atoms with van der Waals surface area (Å²) in [7, 11) is 0. The molecule has 2 amide bonds. The molecular weight excluding hydrogens is 328 g/mol. The SMILES string of the molecule is NC(=O)c1ccccc1NC(=O)C1CC(c2ccc(Cl)cc2)NN1. The number of rotatable bonds is 4. The van der Waals surface area contributed by atoms with E-state index >= 15 is 0 Å². The number of hydrazine groups is 1. The van der Waals surface area contributed by atoms with Crippen LogP contribution in [0.3, 0.4) is 0 Å². The van der Waals surface area contributed by atoms with Crippen molar-refractivity contribution in [2.45, 2.75) is 18.5 Å². The van der Waals surface area contributed by atoms with Crippen LogP contribution in [-0.4, -0.2) is 17.9 Å². The van der Waals surface area contributed by atoms with Gasteiger partial charge in [0.05, 0.1) is 11.3 Å². The Bertz CT molecular complexity index is 763. The molecule has 2 aromatic carbocycles. The normalized spacial score (nSPS) is 19.9. The first-order valence-electron chi connectivity index (χ1n) is 7.51. The molecule has 1 fully saturated rings. The first kappa shape index (κ1) is 16.4. The first-order chi connectivity index (χ1) is 11.5. The topological polar surface area (TPSA) is 96.2 Å². The van der Waals surface area contributed by atoms with Crippen LogP contribution in [0.5, 0.6) is 0 Å². The molecule has 1 aliphatic rings. The molecule has 1 aliphatic heterocycles. The lowest BCUT2D eigenvalue weighted by molar-refractivity contribution is -0.117. The van der Waals surface area contributed by atoms with E-state index in [1.54, 1.807) is 24.3 Å². The van der Waals surface area contributed by atoms with E-state index in [0.717, 1.165) is 5.56 Å². The van der Waals surface area contributed by atoms with Crippen LogP contribution in [0.15, 0.2) is 48.5 Å². The molecule has 5 N–H and O–H groups in total. The fourth-order valence-electron chi connectivity index (χ4n) is 2.67. The number of para-hydroxylation sites is 1. The van der Waals surface area contributed by atoms with E-state index in [9.17, 15) is 9.59 Å². The van der Waals surface area contributed by atoms with Gasteiger partial charge < -0.3 is 11.1 Å². The molecule has 2 atom stereocenters. The van der Waals surface area contributed by atoms with Crippen molar-refractivity contribution in [1.29, 1.82) is 0 Å². The molecule has 2 unspecified atom stereocenters. The van der Waals surface area contributed by atoms with E-state index in [4.69, 9.17) is 17.3 Å². The predicted molar refractivity (Wildman–Crippen MR) is 92.5 cm³/mol. The summed E-state index contributed by atoms with van der Waals surface area (Å²) in [4.78, 5) is 23.9. The van der Waals surface area contributed by atoms with Crippen molar-refractivity contribution < 1.29 is 9.59 Å². The largest absolute Gasteiger partial charge is 0.366 e. The minimum atomic E-state index is -0.581. The number of anilines is 1. The summed E-state index contributed by atoms with van der Waals surface area (Å²) in [6.45, 7) is 0. The Hall–Kier alpha value is -2.41. The van der Waals surface area contributed by atoms with Crippen molar-refractivity contribution in [3.63, 3.8) is 0 Å². The third kappa shape index (κ3) is 3.56. The molecule has 24 heavy (non-hydrogen) atoms. The van der Waals surface area contributed by atoms with Crippen LogP contribution in [0, 0.1) is 0 Å².